The van der Waals surface area contributed by atoms with Gasteiger partial charge in [-0.15, -0.1) is 0 Å². The fraction of sp³-hybridized carbons (Fsp3) is 0.667. The summed E-state index contributed by atoms with van der Waals surface area (Å²) in [6.45, 7) is 6.04. The van der Waals surface area contributed by atoms with Gasteiger partial charge in [0, 0.05) is 6.54 Å². The van der Waals surface area contributed by atoms with Crippen molar-refractivity contribution in [3.63, 3.8) is 0 Å². The smallest absolute Gasteiger partial charge is 0.411 e. The van der Waals surface area contributed by atoms with Gasteiger partial charge in [0.1, 0.15) is 5.60 Å². The Balaban J connectivity index is 2.06. The lowest BCUT2D eigenvalue weighted by atomic mass is 10.1. The number of aliphatic hydroxyl groups excluding tert-OH is 1. The van der Waals surface area contributed by atoms with Crippen molar-refractivity contribution in [3.8, 4) is 0 Å². The summed E-state index contributed by atoms with van der Waals surface area (Å²) in [7, 11) is 0. The van der Waals surface area contributed by atoms with Crippen LogP contribution in [0.15, 0.2) is 23.3 Å². The van der Waals surface area contributed by atoms with Crippen molar-refractivity contribution in [2.75, 3.05) is 13.2 Å². The third kappa shape index (κ3) is 3.38. The molecule has 0 bridgehead atoms. The van der Waals surface area contributed by atoms with Crippen molar-refractivity contribution in [2.45, 2.75) is 51.7 Å². The summed E-state index contributed by atoms with van der Waals surface area (Å²) in [5, 5.41) is 9.43. The lowest BCUT2D eigenvalue weighted by Gasteiger charge is -2.27. The number of hydrogen-bond acceptors (Lipinski definition) is 3. The predicted octanol–water partition coefficient (Wildman–Crippen LogP) is 2.63. The Morgan fingerprint density at radius 2 is 2.21 bits per heavy atom. The molecule has 1 amide bonds. The molecule has 1 atom stereocenters. The van der Waals surface area contributed by atoms with Gasteiger partial charge in [-0.3, -0.25) is 4.90 Å². The van der Waals surface area contributed by atoms with Crippen LogP contribution in [0, 0.1) is 0 Å². The number of amides is 1. The van der Waals surface area contributed by atoms with Gasteiger partial charge >= 0.3 is 6.09 Å². The molecule has 4 heteroatoms. The largest absolute Gasteiger partial charge is 0.444 e. The number of hydrogen-bond donors (Lipinski definition) is 1. The fourth-order valence-corrected chi connectivity index (χ4v) is 2.52. The second-order valence-corrected chi connectivity index (χ2v) is 6.17. The van der Waals surface area contributed by atoms with Crippen molar-refractivity contribution in [2.24, 2.45) is 0 Å². The van der Waals surface area contributed by atoms with Gasteiger partial charge in [-0.05, 0) is 51.2 Å². The van der Waals surface area contributed by atoms with Crippen LogP contribution in [-0.2, 0) is 4.74 Å². The first-order valence-electron chi connectivity index (χ1n) is 6.91. The number of carbonyl (C=O) groups excluding carboxylic acids is 1. The van der Waals surface area contributed by atoms with Gasteiger partial charge in [0.2, 0.25) is 0 Å². The molecule has 2 aliphatic rings. The van der Waals surface area contributed by atoms with Gasteiger partial charge in [-0.25, -0.2) is 4.79 Å². The number of ether oxygens (including phenoxy) is 1. The normalized spacial score (nSPS) is 23.4. The lowest BCUT2D eigenvalue weighted by molar-refractivity contribution is 0.0196. The highest BCUT2D eigenvalue weighted by atomic mass is 16.6. The highest BCUT2D eigenvalue weighted by Crippen LogP contribution is 2.30. The van der Waals surface area contributed by atoms with E-state index in [-0.39, 0.29) is 18.7 Å². The van der Waals surface area contributed by atoms with Crippen LogP contribution < -0.4 is 0 Å². The molecular formula is C15H23NO3. The Bertz CT molecular complexity index is 418. The minimum atomic E-state index is -0.507. The summed E-state index contributed by atoms with van der Waals surface area (Å²) in [4.78, 5) is 13.7. The summed E-state index contributed by atoms with van der Waals surface area (Å²) in [5.41, 5.74) is 1.99. The average Bonchev–Trinajstić information content (AvgIpc) is 2.95. The molecule has 0 aromatic carbocycles. The van der Waals surface area contributed by atoms with E-state index in [1.54, 1.807) is 4.90 Å². The average molecular weight is 265 g/mol. The Labute approximate surface area is 114 Å². The van der Waals surface area contributed by atoms with E-state index in [1.165, 1.54) is 17.6 Å². The quantitative estimate of drug-likeness (QED) is 0.835. The third-order valence-electron chi connectivity index (χ3n) is 3.40. The van der Waals surface area contributed by atoms with Crippen LogP contribution in [0.2, 0.25) is 0 Å². The first-order chi connectivity index (χ1) is 8.90. The molecule has 2 rings (SSSR count). The zero-order valence-corrected chi connectivity index (χ0v) is 12.0. The summed E-state index contributed by atoms with van der Waals surface area (Å²) in [6, 6.07) is -0.258. The molecule has 4 nitrogen and oxygen atoms in total. The van der Waals surface area contributed by atoms with Crippen molar-refractivity contribution in [3.05, 3.63) is 23.3 Å². The van der Waals surface area contributed by atoms with E-state index in [4.69, 9.17) is 4.74 Å². The van der Waals surface area contributed by atoms with Crippen LogP contribution in [0.4, 0.5) is 4.79 Å². The first kappa shape index (κ1) is 14.1. The second kappa shape index (κ2) is 5.37. The lowest BCUT2D eigenvalue weighted by Crippen LogP contribution is -2.41. The Morgan fingerprint density at radius 3 is 2.74 bits per heavy atom. The highest BCUT2D eigenvalue weighted by Gasteiger charge is 2.33. The van der Waals surface area contributed by atoms with Crippen LogP contribution >= 0.6 is 0 Å². The van der Waals surface area contributed by atoms with Crippen molar-refractivity contribution < 1.29 is 14.6 Å². The summed E-state index contributed by atoms with van der Waals surface area (Å²) in [5.74, 6) is 0. The summed E-state index contributed by atoms with van der Waals surface area (Å²) in [6.07, 6.45) is 7.26. The standard InChI is InChI=1S/C15H23NO3/c1-15(2,3)19-14(18)16-9-12(8-13(16)10-17)11-6-4-5-7-11/h6,8,13,17H,4-5,7,9-10H2,1-3H3/t13-/m0/s1. The third-order valence-corrected chi connectivity index (χ3v) is 3.40. The zero-order valence-electron chi connectivity index (χ0n) is 12.0. The van der Waals surface area contributed by atoms with Gasteiger partial charge < -0.3 is 9.84 Å². The summed E-state index contributed by atoms with van der Waals surface area (Å²) < 4.78 is 5.39. The number of allylic oxidation sites excluding steroid dienone is 1. The molecule has 0 aromatic rings. The summed E-state index contributed by atoms with van der Waals surface area (Å²) >= 11 is 0. The molecule has 106 valence electrons. The molecule has 0 unspecified atom stereocenters. The van der Waals surface area contributed by atoms with Crippen molar-refractivity contribution >= 4 is 6.09 Å². The highest BCUT2D eigenvalue weighted by molar-refractivity contribution is 5.71. The number of rotatable bonds is 2. The molecule has 19 heavy (non-hydrogen) atoms. The monoisotopic (exact) mass is 265 g/mol. The van der Waals surface area contributed by atoms with Crippen LogP contribution in [0.25, 0.3) is 0 Å². The van der Waals surface area contributed by atoms with E-state index in [0.29, 0.717) is 6.54 Å². The van der Waals surface area contributed by atoms with E-state index in [1.807, 2.05) is 26.8 Å². The predicted molar refractivity (Wildman–Crippen MR) is 73.8 cm³/mol. The SMILES string of the molecule is CC(C)(C)OC(=O)N1CC(C2=CCCC2)=C[C@H]1CO. The Hall–Kier alpha value is -1.29. The molecule has 1 N–H and O–H groups in total. The topological polar surface area (TPSA) is 49.8 Å². The molecule has 0 spiro atoms. The van der Waals surface area contributed by atoms with E-state index < -0.39 is 5.60 Å². The fourth-order valence-electron chi connectivity index (χ4n) is 2.52. The molecule has 0 radical (unpaired) electrons. The number of aliphatic hydroxyl groups is 1. The zero-order chi connectivity index (χ0) is 14.0. The maximum atomic E-state index is 12.1. The molecule has 0 saturated heterocycles. The van der Waals surface area contributed by atoms with E-state index in [2.05, 4.69) is 6.08 Å². The molecule has 0 fully saturated rings. The van der Waals surface area contributed by atoms with Crippen LogP contribution in [0.3, 0.4) is 0 Å². The molecule has 1 heterocycles. The van der Waals surface area contributed by atoms with Gasteiger partial charge in [-0.1, -0.05) is 12.2 Å². The minimum absolute atomic E-state index is 0.0595. The van der Waals surface area contributed by atoms with Gasteiger partial charge in [0.15, 0.2) is 0 Å². The van der Waals surface area contributed by atoms with Crippen LogP contribution in [0.1, 0.15) is 40.0 Å². The second-order valence-electron chi connectivity index (χ2n) is 6.17. The maximum Gasteiger partial charge on any atom is 0.411 e. The van der Waals surface area contributed by atoms with Gasteiger partial charge in [-0.2, -0.15) is 0 Å². The van der Waals surface area contributed by atoms with Crippen LogP contribution in [0.5, 0.6) is 0 Å². The first-order valence-corrected chi connectivity index (χ1v) is 6.91. The number of carbonyl (C=O) groups is 1. The number of nitrogens with zero attached hydrogens (tertiary/aromatic N) is 1. The van der Waals surface area contributed by atoms with E-state index >= 15 is 0 Å². The van der Waals surface area contributed by atoms with Crippen molar-refractivity contribution in [1.29, 1.82) is 0 Å². The van der Waals surface area contributed by atoms with Crippen molar-refractivity contribution in [1.82, 2.24) is 4.90 Å². The molecule has 0 aromatic heterocycles. The Kier molecular flexibility index (Phi) is 3.99. The van der Waals surface area contributed by atoms with E-state index in [0.717, 1.165) is 12.8 Å². The van der Waals surface area contributed by atoms with Gasteiger partial charge in [0.05, 0.1) is 12.6 Å². The molecule has 1 aliphatic heterocycles. The molecule has 1 aliphatic carbocycles. The molecular weight excluding hydrogens is 242 g/mol. The maximum absolute atomic E-state index is 12.1. The van der Waals surface area contributed by atoms with Gasteiger partial charge in [0.25, 0.3) is 0 Å². The Morgan fingerprint density at radius 1 is 1.47 bits per heavy atom. The van der Waals surface area contributed by atoms with E-state index in [9.17, 15) is 9.90 Å². The van der Waals surface area contributed by atoms with Crippen LogP contribution in [-0.4, -0.2) is 40.9 Å². The molecule has 0 saturated carbocycles. The minimum Gasteiger partial charge on any atom is -0.444 e.